The Hall–Kier alpha value is -3.72. The van der Waals surface area contributed by atoms with Crippen molar-refractivity contribution in [1.29, 1.82) is 0 Å². The highest BCUT2D eigenvalue weighted by molar-refractivity contribution is 5.94. The number of aliphatic carboxylic acids is 1. The highest BCUT2D eigenvalue weighted by Gasteiger charge is 2.30. The number of amides is 3. The van der Waals surface area contributed by atoms with Crippen molar-refractivity contribution in [3.05, 3.63) is 71.8 Å². The van der Waals surface area contributed by atoms with E-state index in [1.165, 1.54) is 6.92 Å². The van der Waals surface area contributed by atoms with Crippen molar-refractivity contribution in [2.75, 3.05) is 0 Å². The summed E-state index contributed by atoms with van der Waals surface area (Å²) in [5, 5.41) is 17.7. The molecule has 9 nitrogen and oxygen atoms in total. The Morgan fingerprint density at radius 2 is 1.11 bits per heavy atom. The standard InChI is InChI=1S/C27H36N4O5/c1-17(2)14-21(29-24(32)18(3)28)25(33)30-22(15-19-10-6-4-7-11-19)26(34)31-23(27(35)36)16-20-12-8-5-9-13-20/h4-13,17-18,21-23H,14-16,28H2,1-3H3,(H,29,32)(H,30,33)(H,31,34)(H,35,36). The molecule has 194 valence electrons. The van der Waals surface area contributed by atoms with E-state index >= 15 is 0 Å². The van der Waals surface area contributed by atoms with Crippen LogP contribution in [0.2, 0.25) is 0 Å². The Morgan fingerprint density at radius 3 is 1.56 bits per heavy atom. The van der Waals surface area contributed by atoms with Gasteiger partial charge in [-0.2, -0.15) is 0 Å². The average Bonchev–Trinajstić information content (AvgIpc) is 2.83. The van der Waals surface area contributed by atoms with E-state index in [1.54, 1.807) is 24.3 Å². The number of carboxylic acid groups (broad SMARTS) is 1. The molecular weight excluding hydrogens is 460 g/mol. The summed E-state index contributed by atoms with van der Waals surface area (Å²) in [5.74, 6) is -2.74. The summed E-state index contributed by atoms with van der Waals surface area (Å²) in [7, 11) is 0. The van der Waals surface area contributed by atoms with Gasteiger partial charge in [0.15, 0.2) is 0 Å². The zero-order chi connectivity index (χ0) is 26.7. The first kappa shape index (κ1) is 28.5. The first-order valence-corrected chi connectivity index (χ1v) is 12.0. The van der Waals surface area contributed by atoms with Crippen molar-refractivity contribution >= 4 is 23.7 Å². The van der Waals surface area contributed by atoms with Crippen LogP contribution in [0.5, 0.6) is 0 Å². The van der Waals surface area contributed by atoms with Crippen LogP contribution in [0.25, 0.3) is 0 Å². The molecular formula is C27H36N4O5. The summed E-state index contributed by atoms with van der Waals surface area (Å²) >= 11 is 0. The summed E-state index contributed by atoms with van der Waals surface area (Å²) in [6, 6.07) is 14.1. The van der Waals surface area contributed by atoms with Gasteiger partial charge in [0, 0.05) is 12.8 Å². The summed E-state index contributed by atoms with van der Waals surface area (Å²) in [6.45, 7) is 5.34. The van der Waals surface area contributed by atoms with Gasteiger partial charge in [-0.25, -0.2) is 4.79 Å². The zero-order valence-electron chi connectivity index (χ0n) is 20.9. The Bertz CT molecular complexity index is 1010. The molecule has 0 aliphatic heterocycles. The molecule has 0 spiro atoms. The van der Waals surface area contributed by atoms with E-state index in [1.807, 2.05) is 50.2 Å². The normalized spacial score (nSPS) is 14.2. The van der Waals surface area contributed by atoms with E-state index in [2.05, 4.69) is 16.0 Å². The van der Waals surface area contributed by atoms with Gasteiger partial charge in [-0.15, -0.1) is 0 Å². The molecule has 36 heavy (non-hydrogen) atoms. The van der Waals surface area contributed by atoms with Crippen molar-refractivity contribution in [1.82, 2.24) is 16.0 Å². The van der Waals surface area contributed by atoms with E-state index in [4.69, 9.17) is 5.73 Å². The molecule has 0 fully saturated rings. The minimum Gasteiger partial charge on any atom is -0.480 e. The predicted molar refractivity (Wildman–Crippen MR) is 137 cm³/mol. The lowest BCUT2D eigenvalue weighted by Gasteiger charge is -2.26. The SMILES string of the molecule is CC(C)CC(NC(=O)C(C)N)C(=O)NC(Cc1ccccc1)C(=O)NC(Cc1ccccc1)C(=O)O. The van der Waals surface area contributed by atoms with E-state index in [-0.39, 0.29) is 18.8 Å². The van der Waals surface area contributed by atoms with Gasteiger partial charge in [0.05, 0.1) is 6.04 Å². The summed E-state index contributed by atoms with van der Waals surface area (Å²) in [4.78, 5) is 50.5. The number of nitrogens with two attached hydrogens (primary N) is 1. The smallest absolute Gasteiger partial charge is 0.326 e. The lowest BCUT2D eigenvalue weighted by Crippen LogP contribution is -2.57. The van der Waals surface area contributed by atoms with Crippen LogP contribution >= 0.6 is 0 Å². The number of carbonyl (C=O) groups is 4. The average molecular weight is 497 g/mol. The lowest BCUT2D eigenvalue weighted by molar-refractivity contribution is -0.142. The topological polar surface area (TPSA) is 151 Å². The molecule has 2 rings (SSSR count). The number of hydrogen-bond donors (Lipinski definition) is 5. The Kier molecular flexibility index (Phi) is 11.1. The van der Waals surface area contributed by atoms with Crippen LogP contribution in [0, 0.1) is 5.92 Å². The Morgan fingerprint density at radius 1 is 0.694 bits per heavy atom. The van der Waals surface area contributed by atoms with Crippen LogP contribution in [0.15, 0.2) is 60.7 Å². The molecule has 0 radical (unpaired) electrons. The van der Waals surface area contributed by atoms with Crippen LogP contribution in [0.4, 0.5) is 0 Å². The maximum atomic E-state index is 13.3. The molecule has 2 aromatic rings. The third-order valence-corrected chi connectivity index (χ3v) is 5.57. The quantitative estimate of drug-likeness (QED) is 0.283. The number of hydrogen-bond acceptors (Lipinski definition) is 5. The van der Waals surface area contributed by atoms with Crippen LogP contribution in [-0.2, 0) is 32.0 Å². The summed E-state index contributed by atoms with van der Waals surface area (Å²) in [5.41, 5.74) is 7.19. The number of nitrogens with one attached hydrogen (secondary N) is 3. The summed E-state index contributed by atoms with van der Waals surface area (Å²) < 4.78 is 0. The van der Waals surface area contributed by atoms with E-state index < -0.39 is 47.9 Å². The first-order chi connectivity index (χ1) is 17.1. The van der Waals surface area contributed by atoms with E-state index in [0.29, 0.717) is 6.42 Å². The summed E-state index contributed by atoms with van der Waals surface area (Å²) in [6.07, 6.45) is 0.579. The molecule has 0 aromatic heterocycles. The number of carbonyl (C=O) groups excluding carboxylic acids is 3. The van der Waals surface area contributed by atoms with Crippen molar-refractivity contribution < 1.29 is 24.3 Å². The number of benzene rings is 2. The van der Waals surface area contributed by atoms with Crippen molar-refractivity contribution in [3.8, 4) is 0 Å². The molecule has 3 amide bonds. The maximum Gasteiger partial charge on any atom is 0.326 e. The highest BCUT2D eigenvalue weighted by Crippen LogP contribution is 2.10. The largest absolute Gasteiger partial charge is 0.480 e. The van der Waals surface area contributed by atoms with Crippen molar-refractivity contribution in [2.45, 2.75) is 64.2 Å². The Balaban J connectivity index is 2.24. The fourth-order valence-electron chi connectivity index (χ4n) is 3.66. The van der Waals surface area contributed by atoms with Gasteiger partial charge < -0.3 is 26.8 Å². The van der Waals surface area contributed by atoms with Gasteiger partial charge in [0.2, 0.25) is 17.7 Å². The lowest BCUT2D eigenvalue weighted by atomic mass is 10.00. The van der Waals surface area contributed by atoms with Crippen LogP contribution < -0.4 is 21.7 Å². The molecule has 0 bridgehead atoms. The van der Waals surface area contributed by atoms with Crippen molar-refractivity contribution in [2.24, 2.45) is 11.7 Å². The molecule has 2 aromatic carbocycles. The zero-order valence-corrected chi connectivity index (χ0v) is 20.9. The molecule has 0 saturated heterocycles. The van der Waals surface area contributed by atoms with Gasteiger partial charge in [-0.05, 0) is 30.4 Å². The van der Waals surface area contributed by atoms with Crippen LogP contribution in [0.1, 0.15) is 38.3 Å². The minimum atomic E-state index is -1.18. The highest BCUT2D eigenvalue weighted by atomic mass is 16.4. The molecule has 0 aliphatic rings. The minimum absolute atomic E-state index is 0.0813. The third kappa shape index (κ3) is 9.50. The molecule has 0 heterocycles. The second-order valence-electron chi connectivity index (χ2n) is 9.32. The number of carboxylic acids is 1. The third-order valence-electron chi connectivity index (χ3n) is 5.57. The van der Waals surface area contributed by atoms with E-state index in [9.17, 15) is 24.3 Å². The second-order valence-corrected chi connectivity index (χ2v) is 9.32. The number of rotatable bonds is 13. The molecule has 6 N–H and O–H groups in total. The molecule has 4 atom stereocenters. The Labute approximate surface area is 211 Å². The fourth-order valence-corrected chi connectivity index (χ4v) is 3.66. The monoisotopic (exact) mass is 496 g/mol. The second kappa shape index (κ2) is 14.0. The van der Waals surface area contributed by atoms with Gasteiger partial charge in [0.25, 0.3) is 0 Å². The molecule has 0 saturated carbocycles. The van der Waals surface area contributed by atoms with Gasteiger partial charge in [0.1, 0.15) is 18.1 Å². The van der Waals surface area contributed by atoms with Crippen LogP contribution in [-0.4, -0.2) is 53.0 Å². The predicted octanol–water partition coefficient (Wildman–Crippen LogP) is 1.40. The fraction of sp³-hybridized carbons (Fsp3) is 0.407. The first-order valence-electron chi connectivity index (χ1n) is 12.0. The van der Waals surface area contributed by atoms with E-state index in [0.717, 1.165) is 11.1 Å². The van der Waals surface area contributed by atoms with Gasteiger partial charge >= 0.3 is 5.97 Å². The molecule has 4 unspecified atom stereocenters. The molecule has 9 heteroatoms. The maximum absolute atomic E-state index is 13.3. The van der Waals surface area contributed by atoms with Gasteiger partial charge in [-0.1, -0.05) is 74.5 Å². The van der Waals surface area contributed by atoms with Gasteiger partial charge in [-0.3, -0.25) is 14.4 Å². The molecule has 0 aliphatic carbocycles. The van der Waals surface area contributed by atoms with Crippen molar-refractivity contribution in [3.63, 3.8) is 0 Å². The van der Waals surface area contributed by atoms with Crippen LogP contribution in [0.3, 0.4) is 0 Å².